The first-order valence-corrected chi connectivity index (χ1v) is 9.44. The number of carbonyl (C=O) groups is 1. The van der Waals surface area contributed by atoms with E-state index in [2.05, 4.69) is 10.3 Å². The number of halogens is 1. The Bertz CT molecular complexity index is 853. The fraction of sp³-hybridized carbons (Fsp3) is 0.250. The van der Waals surface area contributed by atoms with Crippen molar-refractivity contribution in [1.82, 2.24) is 10.3 Å². The van der Waals surface area contributed by atoms with Gasteiger partial charge in [-0.15, -0.1) is 0 Å². The number of carbonyl (C=O) groups excluding carboxylic acids is 1. The molecule has 0 bridgehead atoms. The molecule has 1 amide bonds. The number of aromatic nitrogens is 1. The summed E-state index contributed by atoms with van der Waals surface area (Å²) >= 11 is 5.88. The monoisotopic (exact) mass is 368 g/mol. The third-order valence-electron chi connectivity index (χ3n) is 3.16. The number of benzene rings is 1. The van der Waals surface area contributed by atoms with E-state index in [1.54, 1.807) is 18.3 Å². The highest BCUT2D eigenvalue weighted by atomic mass is 35.5. The maximum atomic E-state index is 12.3. The molecule has 0 radical (unpaired) electrons. The number of ether oxygens (including phenoxy) is 1. The molecular weight excluding hydrogens is 352 g/mol. The lowest BCUT2D eigenvalue weighted by atomic mass is 10.2. The topological polar surface area (TPSA) is 85.4 Å². The molecule has 8 heteroatoms. The zero-order valence-electron chi connectivity index (χ0n) is 13.2. The van der Waals surface area contributed by atoms with Crippen LogP contribution in [-0.4, -0.2) is 32.2 Å². The smallest absolute Gasteiger partial charge is 0.251 e. The van der Waals surface area contributed by atoms with Gasteiger partial charge >= 0.3 is 0 Å². The number of hydrogen-bond donors (Lipinski definition) is 1. The molecule has 0 spiro atoms. The van der Waals surface area contributed by atoms with Gasteiger partial charge in [0.25, 0.3) is 5.91 Å². The van der Waals surface area contributed by atoms with Crippen molar-refractivity contribution in [2.75, 3.05) is 12.9 Å². The van der Waals surface area contributed by atoms with Gasteiger partial charge in [0.1, 0.15) is 0 Å². The first-order valence-electron chi connectivity index (χ1n) is 7.17. The predicted molar refractivity (Wildman–Crippen MR) is 91.1 cm³/mol. The Balaban J connectivity index is 2.17. The van der Waals surface area contributed by atoms with E-state index in [4.69, 9.17) is 16.3 Å². The summed E-state index contributed by atoms with van der Waals surface area (Å²) in [6.07, 6.45) is 2.65. The van der Waals surface area contributed by atoms with Crippen LogP contribution in [-0.2, 0) is 16.4 Å². The molecule has 2 aromatic rings. The van der Waals surface area contributed by atoms with Gasteiger partial charge in [0, 0.05) is 30.1 Å². The van der Waals surface area contributed by atoms with E-state index in [0.717, 1.165) is 11.8 Å². The van der Waals surface area contributed by atoms with Crippen molar-refractivity contribution in [3.8, 4) is 5.88 Å². The number of sulfone groups is 1. The van der Waals surface area contributed by atoms with E-state index in [1.807, 2.05) is 6.92 Å². The minimum absolute atomic E-state index is 0.0757. The Kier molecular flexibility index (Phi) is 5.80. The number of pyridine rings is 1. The van der Waals surface area contributed by atoms with Crippen molar-refractivity contribution in [2.24, 2.45) is 0 Å². The van der Waals surface area contributed by atoms with Gasteiger partial charge in [-0.3, -0.25) is 4.79 Å². The van der Waals surface area contributed by atoms with Gasteiger partial charge < -0.3 is 10.1 Å². The minimum Gasteiger partial charge on any atom is -0.478 e. The van der Waals surface area contributed by atoms with Gasteiger partial charge in [-0.2, -0.15) is 0 Å². The average molecular weight is 369 g/mol. The number of amides is 1. The lowest BCUT2D eigenvalue weighted by molar-refractivity contribution is 0.0950. The standard InChI is InChI=1S/C16H17ClN2O4S/c1-3-23-16-12(5-4-8-18-16)10-19-15(20)11-6-7-13(17)14(9-11)24(2,21)22/h4-9H,3,10H2,1-2H3,(H,19,20). The van der Waals surface area contributed by atoms with Crippen LogP contribution in [0.5, 0.6) is 5.88 Å². The maximum absolute atomic E-state index is 12.3. The van der Waals surface area contributed by atoms with Crippen molar-refractivity contribution >= 4 is 27.3 Å². The van der Waals surface area contributed by atoms with Crippen LogP contribution in [0.1, 0.15) is 22.8 Å². The first-order chi connectivity index (χ1) is 11.3. The highest BCUT2D eigenvalue weighted by molar-refractivity contribution is 7.90. The molecule has 1 aromatic heterocycles. The number of rotatable bonds is 6. The van der Waals surface area contributed by atoms with E-state index >= 15 is 0 Å². The van der Waals surface area contributed by atoms with Crippen molar-refractivity contribution in [3.63, 3.8) is 0 Å². The third kappa shape index (κ3) is 4.46. The first kappa shape index (κ1) is 18.2. The predicted octanol–water partition coefficient (Wildman–Crippen LogP) is 2.47. The molecular formula is C16H17ClN2O4S. The van der Waals surface area contributed by atoms with Gasteiger partial charge in [0.05, 0.1) is 16.5 Å². The molecule has 0 saturated heterocycles. The Hall–Kier alpha value is -2.12. The second kappa shape index (κ2) is 7.63. The average Bonchev–Trinajstić information content (AvgIpc) is 2.53. The molecule has 1 aromatic carbocycles. The van der Waals surface area contributed by atoms with Crippen molar-refractivity contribution in [2.45, 2.75) is 18.4 Å². The van der Waals surface area contributed by atoms with Crippen LogP contribution < -0.4 is 10.1 Å². The molecule has 0 aliphatic heterocycles. The quantitative estimate of drug-likeness (QED) is 0.846. The molecule has 2 rings (SSSR count). The fourth-order valence-corrected chi connectivity index (χ4v) is 3.33. The Morgan fingerprint density at radius 3 is 2.75 bits per heavy atom. The molecule has 0 unspecified atom stereocenters. The van der Waals surface area contributed by atoms with E-state index in [1.165, 1.54) is 18.2 Å². The van der Waals surface area contributed by atoms with E-state index < -0.39 is 15.7 Å². The highest BCUT2D eigenvalue weighted by Crippen LogP contribution is 2.22. The highest BCUT2D eigenvalue weighted by Gasteiger charge is 2.16. The van der Waals surface area contributed by atoms with Crippen LogP contribution in [0.3, 0.4) is 0 Å². The Labute approximate surface area is 145 Å². The van der Waals surface area contributed by atoms with Gasteiger partial charge in [-0.25, -0.2) is 13.4 Å². The minimum atomic E-state index is -3.51. The Morgan fingerprint density at radius 1 is 1.33 bits per heavy atom. The SMILES string of the molecule is CCOc1ncccc1CNC(=O)c1ccc(Cl)c(S(C)(=O)=O)c1. The zero-order valence-corrected chi connectivity index (χ0v) is 14.8. The van der Waals surface area contributed by atoms with Crippen LogP contribution in [0.15, 0.2) is 41.4 Å². The molecule has 24 heavy (non-hydrogen) atoms. The Morgan fingerprint density at radius 2 is 2.08 bits per heavy atom. The lowest BCUT2D eigenvalue weighted by Crippen LogP contribution is -2.23. The summed E-state index contributed by atoms with van der Waals surface area (Å²) in [5.41, 5.74) is 0.937. The maximum Gasteiger partial charge on any atom is 0.251 e. The zero-order chi connectivity index (χ0) is 17.7. The lowest BCUT2D eigenvalue weighted by Gasteiger charge is -2.10. The second-order valence-corrected chi connectivity index (χ2v) is 7.39. The van der Waals surface area contributed by atoms with Crippen molar-refractivity contribution < 1.29 is 17.9 Å². The van der Waals surface area contributed by atoms with Crippen LogP contribution in [0.4, 0.5) is 0 Å². The molecule has 6 nitrogen and oxygen atoms in total. The van der Waals surface area contributed by atoms with Gasteiger partial charge in [0.15, 0.2) is 9.84 Å². The summed E-state index contributed by atoms with van der Waals surface area (Å²) in [7, 11) is -3.51. The number of nitrogens with zero attached hydrogens (tertiary/aromatic N) is 1. The summed E-state index contributed by atoms with van der Waals surface area (Å²) in [6.45, 7) is 2.52. The molecule has 0 aliphatic rings. The van der Waals surface area contributed by atoms with Crippen LogP contribution in [0.2, 0.25) is 5.02 Å². The molecule has 0 fully saturated rings. The molecule has 0 aliphatic carbocycles. The van der Waals surface area contributed by atoms with E-state index in [9.17, 15) is 13.2 Å². The van der Waals surface area contributed by atoms with Gasteiger partial charge in [0.2, 0.25) is 5.88 Å². The van der Waals surface area contributed by atoms with E-state index in [0.29, 0.717) is 12.5 Å². The summed E-state index contributed by atoms with van der Waals surface area (Å²) in [5.74, 6) is 0.0381. The normalized spacial score (nSPS) is 11.1. The van der Waals surface area contributed by atoms with Crippen LogP contribution in [0, 0.1) is 0 Å². The summed E-state index contributed by atoms with van der Waals surface area (Å²) in [4.78, 5) is 16.3. The van der Waals surface area contributed by atoms with Gasteiger partial charge in [-0.05, 0) is 31.2 Å². The van der Waals surface area contributed by atoms with Crippen LogP contribution in [0.25, 0.3) is 0 Å². The summed E-state index contributed by atoms with van der Waals surface area (Å²) in [6, 6.07) is 7.66. The van der Waals surface area contributed by atoms with Crippen molar-refractivity contribution in [1.29, 1.82) is 0 Å². The summed E-state index contributed by atoms with van der Waals surface area (Å²) < 4.78 is 28.8. The number of nitrogens with one attached hydrogen (secondary N) is 1. The van der Waals surface area contributed by atoms with Crippen molar-refractivity contribution in [3.05, 3.63) is 52.7 Å². The third-order valence-corrected chi connectivity index (χ3v) is 4.74. The molecule has 1 N–H and O–H groups in total. The summed E-state index contributed by atoms with van der Waals surface area (Å²) in [5, 5.41) is 2.80. The van der Waals surface area contributed by atoms with E-state index in [-0.39, 0.29) is 22.0 Å². The fourth-order valence-electron chi connectivity index (χ4n) is 2.03. The second-order valence-electron chi connectivity index (χ2n) is 5.00. The van der Waals surface area contributed by atoms with Gasteiger partial charge in [-0.1, -0.05) is 17.7 Å². The molecule has 1 heterocycles. The van der Waals surface area contributed by atoms with Crippen LogP contribution >= 0.6 is 11.6 Å². The molecule has 128 valence electrons. The molecule has 0 saturated carbocycles. The largest absolute Gasteiger partial charge is 0.478 e. The molecule has 0 atom stereocenters. The number of hydrogen-bond acceptors (Lipinski definition) is 5.